The Morgan fingerprint density at radius 2 is 1.89 bits per heavy atom. The molecule has 0 aliphatic heterocycles. The van der Waals surface area contributed by atoms with Crippen LogP contribution in [0.4, 0.5) is 0 Å². The second kappa shape index (κ2) is 8.53. The first-order chi connectivity index (χ1) is 9.13. The van der Waals surface area contributed by atoms with Gasteiger partial charge in [0, 0.05) is 6.61 Å². The number of rotatable bonds is 8. The van der Waals surface area contributed by atoms with Crippen molar-refractivity contribution in [2.75, 3.05) is 26.4 Å². The highest BCUT2D eigenvalue weighted by molar-refractivity contribution is 5.69. The average Bonchev–Trinajstić information content (AvgIpc) is 2.39. The summed E-state index contributed by atoms with van der Waals surface area (Å²) in [5, 5.41) is 0. The summed E-state index contributed by atoms with van der Waals surface area (Å²) in [7, 11) is 0. The summed E-state index contributed by atoms with van der Waals surface area (Å²) in [6.07, 6.45) is 0.249. The van der Waals surface area contributed by atoms with Gasteiger partial charge in [0.1, 0.15) is 12.4 Å². The molecule has 19 heavy (non-hydrogen) atoms. The lowest BCUT2D eigenvalue weighted by Gasteiger charge is -2.08. The molecule has 0 aromatic heterocycles. The summed E-state index contributed by atoms with van der Waals surface area (Å²) in [6.45, 7) is 7.69. The third-order valence-electron chi connectivity index (χ3n) is 2.75. The summed E-state index contributed by atoms with van der Waals surface area (Å²) >= 11 is 0. The van der Waals surface area contributed by atoms with Crippen LogP contribution in [0.5, 0.6) is 5.75 Å². The number of carbonyl (C=O) groups is 1. The maximum Gasteiger partial charge on any atom is 0.309 e. The van der Waals surface area contributed by atoms with E-state index in [1.165, 1.54) is 11.1 Å². The topological polar surface area (TPSA) is 44.8 Å². The number of carbonyl (C=O) groups excluding carboxylic acids is 1. The van der Waals surface area contributed by atoms with E-state index in [1.807, 2.05) is 32.0 Å². The maximum absolute atomic E-state index is 11.4. The van der Waals surface area contributed by atoms with E-state index in [1.54, 1.807) is 0 Å². The van der Waals surface area contributed by atoms with Crippen LogP contribution in [0.2, 0.25) is 0 Å². The van der Waals surface area contributed by atoms with Crippen molar-refractivity contribution in [3.8, 4) is 5.75 Å². The van der Waals surface area contributed by atoms with Crippen LogP contribution in [0, 0.1) is 13.8 Å². The Morgan fingerprint density at radius 3 is 2.58 bits per heavy atom. The molecule has 0 fully saturated rings. The first-order valence-corrected chi connectivity index (χ1v) is 6.57. The van der Waals surface area contributed by atoms with Gasteiger partial charge in [-0.2, -0.15) is 0 Å². The van der Waals surface area contributed by atoms with Crippen LogP contribution in [-0.2, 0) is 14.3 Å². The molecule has 0 atom stereocenters. The summed E-state index contributed by atoms with van der Waals surface area (Å²) < 4.78 is 15.6. The van der Waals surface area contributed by atoms with Crippen molar-refractivity contribution in [1.82, 2.24) is 0 Å². The van der Waals surface area contributed by atoms with Crippen LogP contribution in [0.3, 0.4) is 0 Å². The maximum atomic E-state index is 11.4. The normalized spacial score (nSPS) is 10.3. The third-order valence-corrected chi connectivity index (χ3v) is 2.75. The SMILES string of the molecule is CCOCCOC(=O)CCOc1ccc(C)c(C)c1. The number of benzene rings is 1. The average molecular weight is 266 g/mol. The largest absolute Gasteiger partial charge is 0.493 e. The van der Waals surface area contributed by atoms with Gasteiger partial charge < -0.3 is 14.2 Å². The molecule has 1 aromatic carbocycles. The second-order valence-electron chi connectivity index (χ2n) is 4.26. The van der Waals surface area contributed by atoms with E-state index >= 15 is 0 Å². The molecule has 0 radical (unpaired) electrons. The minimum Gasteiger partial charge on any atom is -0.493 e. The Bertz CT molecular complexity index is 401. The van der Waals surface area contributed by atoms with E-state index in [2.05, 4.69) is 6.92 Å². The number of ether oxygens (including phenoxy) is 3. The minimum absolute atomic E-state index is 0.249. The van der Waals surface area contributed by atoms with Gasteiger partial charge in [0.15, 0.2) is 0 Å². The molecule has 0 saturated carbocycles. The molecule has 4 nitrogen and oxygen atoms in total. The summed E-state index contributed by atoms with van der Waals surface area (Å²) in [6, 6.07) is 5.88. The van der Waals surface area contributed by atoms with Gasteiger partial charge in [0.25, 0.3) is 0 Å². The van der Waals surface area contributed by atoms with Gasteiger partial charge >= 0.3 is 5.97 Å². The molecule has 0 N–H and O–H groups in total. The van der Waals surface area contributed by atoms with E-state index in [0.717, 1.165) is 5.75 Å². The monoisotopic (exact) mass is 266 g/mol. The second-order valence-corrected chi connectivity index (χ2v) is 4.26. The molecular weight excluding hydrogens is 244 g/mol. The van der Waals surface area contributed by atoms with Crippen molar-refractivity contribution in [3.63, 3.8) is 0 Å². The zero-order valence-electron chi connectivity index (χ0n) is 11.9. The number of aryl methyl sites for hydroxylation is 2. The van der Waals surface area contributed by atoms with Crippen LogP contribution in [0.1, 0.15) is 24.5 Å². The Balaban J connectivity index is 2.18. The van der Waals surface area contributed by atoms with Gasteiger partial charge in [-0.3, -0.25) is 4.79 Å². The molecular formula is C15H22O4. The fraction of sp³-hybridized carbons (Fsp3) is 0.533. The van der Waals surface area contributed by atoms with Crippen LogP contribution in [-0.4, -0.2) is 32.4 Å². The fourth-order valence-electron chi connectivity index (χ4n) is 1.49. The van der Waals surface area contributed by atoms with E-state index in [0.29, 0.717) is 26.4 Å². The lowest BCUT2D eigenvalue weighted by atomic mass is 10.1. The van der Waals surface area contributed by atoms with E-state index < -0.39 is 0 Å². The van der Waals surface area contributed by atoms with Gasteiger partial charge in [-0.1, -0.05) is 6.07 Å². The molecule has 0 saturated heterocycles. The third kappa shape index (κ3) is 6.25. The highest BCUT2D eigenvalue weighted by Crippen LogP contribution is 2.16. The molecule has 0 aliphatic rings. The molecule has 106 valence electrons. The number of hydrogen-bond acceptors (Lipinski definition) is 4. The van der Waals surface area contributed by atoms with Crippen LogP contribution >= 0.6 is 0 Å². The van der Waals surface area contributed by atoms with E-state index in [9.17, 15) is 4.79 Å². The molecule has 0 bridgehead atoms. The summed E-state index contributed by atoms with van der Waals surface area (Å²) in [5.41, 5.74) is 2.40. The van der Waals surface area contributed by atoms with Gasteiger partial charge in [-0.15, -0.1) is 0 Å². The van der Waals surface area contributed by atoms with Gasteiger partial charge in [-0.25, -0.2) is 0 Å². The molecule has 0 heterocycles. The zero-order valence-corrected chi connectivity index (χ0v) is 11.9. The van der Waals surface area contributed by atoms with E-state index in [-0.39, 0.29) is 12.4 Å². The molecule has 1 aromatic rings. The molecule has 0 amide bonds. The van der Waals surface area contributed by atoms with Crippen molar-refractivity contribution in [2.24, 2.45) is 0 Å². The van der Waals surface area contributed by atoms with Gasteiger partial charge in [0.05, 0.1) is 19.6 Å². The predicted molar refractivity (Wildman–Crippen MR) is 73.5 cm³/mol. The number of hydrogen-bond donors (Lipinski definition) is 0. The zero-order chi connectivity index (χ0) is 14.1. The van der Waals surface area contributed by atoms with Crippen molar-refractivity contribution in [3.05, 3.63) is 29.3 Å². The van der Waals surface area contributed by atoms with Crippen LogP contribution < -0.4 is 4.74 Å². The lowest BCUT2D eigenvalue weighted by molar-refractivity contribution is -0.145. The van der Waals surface area contributed by atoms with Crippen molar-refractivity contribution in [2.45, 2.75) is 27.2 Å². The fourth-order valence-corrected chi connectivity index (χ4v) is 1.49. The molecule has 4 heteroatoms. The Hall–Kier alpha value is -1.55. The minimum atomic E-state index is -0.261. The number of esters is 1. The first kappa shape index (κ1) is 15.5. The summed E-state index contributed by atoms with van der Waals surface area (Å²) in [5.74, 6) is 0.522. The van der Waals surface area contributed by atoms with Gasteiger partial charge in [-0.05, 0) is 44.0 Å². The molecule has 1 rings (SSSR count). The first-order valence-electron chi connectivity index (χ1n) is 6.57. The summed E-state index contributed by atoms with van der Waals surface area (Å²) in [4.78, 5) is 11.4. The highest BCUT2D eigenvalue weighted by atomic mass is 16.6. The van der Waals surface area contributed by atoms with Crippen LogP contribution in [0.25, 0.3) is 0 Å². The molecule has 0 unspecified atom stereocenters. The Labute approximate surface area is 114 Å². The highest BCUT2D eigenvalue weighted by Gasteiger charge is 2.04. The quantitative estimate of drug-likeness (QED) is 0.536. The van der Waals surface area contributed by atoms with Crippen molar-refractivity contribution < 1.29 is 19.0 Å². The Kier molecular flexibility index (Phi) is 6.97. The Morgan fingerprint density at radius 1 is 1.11 bits per heavy atom. The van der Waals surface area contributed by atoms with Crippen molar-refractivity contribution >= 4 is 5.97 Å². The van der Waals surface area contributed by atoms with Crippen LogP contribution in [0.15, 0.2) is 18.2 Å². The van der Waals surface area contributed by atoms with Gasteiger partial charge in [0.2, 0.25) is 0 Å². The van der Waals surface area contributed by atoms with Crippen molar-refractivity contribution in [1.29, 1.82) is 0 Å². The smallest absolute Gasteiger partial charge is 0.309 e. The lowest BCUT2D eigenvalue weighted by Crippen LogP contribution is -2.13. The molecule has 0 aliphatic carbocycles. The predicted octanol–water partition coefficient (Wildman–Crippen LogP) is 2.65. The van der Waals surface area contributed by atoms with E-state index in [4.69, 9.17) is 14.2 Å². The molecule has 0 spiro atoms. The standard InChI is InChI=1S/C15H22O4/c1-4-17-9-10-19-15(16)7-8-18-14-6-5-12(2)13(3)11-14/h5-6,11H,4,7-10H2,1-3H3.